The predicted molar refractivity (Wildman–Crippen MR) is 82.1 cm³/mol. The summed E-state index contributed by atoms with van der Waals surface area (Å²) in [4.78, 5) is 10.9. The number of benzene rings is 2. The summed E-state index contributed by atoms with van der Waals surface area (Å²) in [7, 11) is 1.61. The van der Waals surface area contributed by atoms with Gasteiger partial charge in [0.2, 0.25) is 0 Å². The summed E-state index contributed by atoms with van der Waals surface area (Å²) in [5, 5.41) is 8.97. The maximum Gasteiger partial charge on any atom is 0.335 e. The van der Waals surface area contributed by atoms with E-state index in [0.29, 0.717) is 19.0 Å². The van der Waals surface area contributed by atoms with Gasteiger partial charge in [-0.05, 0) is 48.9 Å². The Morgan fingerprint density at radius 3 is 2.27 bits per heavy atom. The van der Waals surface area contributed by atoms with Crippen molar-refractivity contribution in [3.05, 3.63) is 53.6 Å². The number of aryl methyl sites for hydroxylation is 1. The van der Waals surface area contributed by atoms with Crippen molar-refractivity contribution in [1.29, 1.82) is 0 Å². The van der Waals surface area contributed by atoms with E-state index in [0.717, 1.165) is 17.1 Å². The number of methoxy groups -OCH3 is 1. The van der Waals surface area contributed by atoms with Crippen molar-refractivity contribution in [3.63, 3.8) is 0 Å². The van der Waals surface area contributed by atoms with Crippen molar-refractivity contribution in [2.45, 2.75) is 6.92 Å². The second kappa shape index (κ2) is 7.36. The zero-order valence-corrected chi connectivity index (χ0v) is 12.5. The van der Waals surface area contributed by atoms with Crippen LogP contribution in [0.4, 0.5) is 0 Å². The summed E-state index contributed by atoms with van der Waals surface area (Å²) in [5.41, 5.74) is 1.09. The standard InChI is InChI=1S/C17H18O5/c1-12-3-4-13(17(18)19)11-16(12)22-10-9-21-15-7-5-14(20-2)6-8-15/h3-8,11H,9-10H2,1-2H3,(H,18,19). The molecule has 2 aromatic carbocycles. The number of aromatic carboxylic acids is 1. The topological polar surface area (TPSA) is 65.0 Å². The van der Waals surface area contributed by atoms with E-state index < -0.39 is 5.97 Å². The number of hydrogen-bond acceptors (Lipinski definition) is 4. The fourth-order valence-corrected chi connectivity index (χ4v) is 1.87. The number of ether oxygens (including phenoxy) is 3. The van der Waals surface area contributed by atoms with E-state index in [1.54, 1.807) is 19.2 Å². The normalized spacial score (nSPS) is 10.1. The van der Waals surface area contributed by atoms with Crippen LogP contribution in [0.15, 0.2) is 42.5 Å². The first-order valence-corrected chi connectivity index (χ1v) is 6.84. The van der Waals surface area contributed by atoms with Crippen LogP contribution in [0, 0.1) is 6.92 Å². The minimum atomic E-state index is -0.973. The van der Waals surface area contributed by atoms with Crippen molar-refractivity contribution in [3.8, 4) is 17.2 Å². The molecule has 0 aliphatic heterocycles. The first-order chi connectivity index (χ1) is 10.6. The fraction of sp³-hybridized carbons (Fsp3) is 0.235. The molecule has 5 nitrogen and oxygen atoms in total. The molecule has 5 heteroatoms. The van der Waals surface area contributed by atoms with E-state index in [1.165, 1.54) is 6.07 Å². The first kappa shape index (κ1) is 15.7. The number of hydrogen-bond donors (Lipinski definition) is 1. The van der Waals surface area contributed by atoms with E-state index in [1.807, 2.05) is 31.2 Å². The molecule has 2 aromatic rings. The van der Waals surface area contributed by atoms with E-state index in [2.05, 4.69) is 0 Å². The third-order valence-corrected chi connectivity index (χ3v) is 3.10. The second-order valence-corrected chi connectivity index (χ2v) is 4.66. The Bertz CT molecular complexity index is 634. The Morgan fingerprint density at radius 2 is 1.64 bits per heavy atom. The summed E-state index contributed by atoms with van der Waals surface area (Å²) in [6.07, 6.45) is 0. The lowest BCUT2D eigenvalue weighted by Crippen LogP contribution is -2.10. The zero-order chi connectivity index (χ0) is 15.9. The molecule has 0 atom stereocenters. The maximum atomic E-state index is 10.9. The monoisotopic (exact) mass is 302 g/mol. The highest BCUT2D eigenvalue weighted by molar-refractivity contribution is 5.88. The highest BCUT2D eigenvalue weighted by Crippen LogP contribution is 2.20. The van der Waals surface area contributed by atoms with Gasteiger partial charge >= 0.3 is 5.97 Å². The molecule has 0 heterocycles. The largest absolute Gasteiger partial charge is 0.497 e. The molecule has 0 saturated carbocycles. The molecule has 22 heavy (non-hydrogen) atoms. The Morgan fingerprint density at radius 1 is 1.00 bits per heavy atom. The van der Waals surface area contributed by atoms with E-state index in [-0.39, 0.29) is 5.56 Å². The summed E-state index contributed by atoms with van der Waals surface area (Å²) >= 11 is 0. The van der Waals surface area contributed by atoms with Gasteiger partial charge in [0.25, 0.3) is 0 Å². The Kier molecular flexibility index (Phi) is 5.25. The van der Waals surface area contributed by atoms with Crippen LogP contribution >= 0.6 is 0 Å². The van der Waals surface area contributed by atoms with Gasteiger partial charge in [0.05, 0.1) is 12.7 Å². The van der Waals surface area contributed by atoms with Crippen molar-refractivity contribution in [1.82, 2.24) is 0 Å². The molecule has 2 rings (SSSR count). The lowest BCUT2D eigenvalue weighted by Gasteiger charge is -2.11. The Hall–Kier alpha value is -2.69. The molecule has 0 fully saturated rings. The number of carbonyl (C=O) groups is 1. The first-order valence-electron chi connectivity index (χ1n) is 6.84. The molecular formula is C17H18O5. The summed E-state index contributed by atoms with van der Waals surface area (Å²) < 4.78 is 16.2. The van der Waals surface area contributed by atoms with Gasteiger partial charge in [-0.15, -0.1) is 0 Å². The van der Waals surface area contributed by atoms with Crippen molar-refractivity contribution in [2.24, 2.45) is 0 Å². The van der Waals surface area contributed by atoms with Crippen LogP contribution in [0.2, 0.25) is 0 Å². The van der Waals surface area contributed by atoms with Gasteiger partial charge in [-0.2, -0.15) is 0 Å². The SMILES string of the molecule is COc1ccc(OCCOc2cc(C(=O)O)ccc2C)cc1. The molecule has 0 unspecified atom stereocenters. The molecular weight excluding hydrogens is 284 g/mol. The van der Waals surface area contributed by atoms with Gasteiger partial charge in [0.1, 0.15) is 30.5 Å². The third-order valence-electron chi connectivity index (χ3n) is 3.10. The number of rotatable bonds is 7. The molecule has 116 valence electrons. The van der Waals surface area contributed by atoms with Gasteiger partial charge < -0.3 is 19.3 Å². The highest BCUT2D eigenvalue weighted by atomic mass is 16.5. The smallest absolute Gasteiger partial charge is 0.335 e. The minimum absolute atomic E-state index is 0.205. The minimum Gasteiger partial charge on any atom is -0.497 e. The van der Waals surface area contributed by atoms with Crippen LogP contribution in [0.5, 0.6) is 17.2 Å². The Labute approximate surface area is 129 Å². The quantitative estimate of drug-likeness (QED) is 0.796. The van der Waals surface area contributed by atoms with Gasteiger partial charge in [-0.3, -0.25) is 0 Å². The van der Waals surface area contributed by atoms with E-state index in [4.69, 9.17) is 19.3 Å². The van der Waals surface area contributed by atoms with Crippen LogP contribution in [0.25, 0.3) is 0 Å². The molecule has 1 N–H and O–H groups in total. The van der Waals surface area contributed by atoms with Crippen LogP contribution in [0.1, 0.15) is 15.9 Å². The summed E-state index contributed by atoms with van der Waals surface area (Å²) in [6, 6.07) is 12.1. The van der Waals surface area contributed by atoms with Gasteiger partial charge in [-0.1, -0.05) is 6.07 Å². The average Bonchev–Trinajstić information content (AvgIpc) is 2.53. The van der Waals surface area contributed by atoms with Crippen LogP contribution < -0.4 is 14.2 Å². The Balaban J connectivity index is 1.85. The molecule has 0 amide bonds. The van der Waals surface area contributed by atoms with Gasteiger partial charge in [-0.25, -0.2) is 4.79 Å². The third kappa shape index (κ3) is 4.15. The van der Waals surface area contributed by atoms with E-state index in [9.17, 15) is 4.79 Å². The molecule has 0 radical (unpaired) electrons. The number of carboxylic acid groups (broad SMARTS) is 1. The van der Waals surface area contributed by atoms with Crippen LogP contribution in [-0.4, -0.2) is 31.4 Å². The fourth-order valence-electron chi connectivity index (χ4n) is 1.87. The molecule has 0 aromatic heterocycles. The molecule has 0 spiro atoms. The van der Waals surface area contributed by atoms with Crippen LogP contribution in [-0.2, 0) is 0 Å². The van der Waals surface area contributed by atoms with Gasteiger partial charge in [0.15, 0.2) is 0 Å². The lowest BCUT2D eigenvalue weighted by atomic mass is 10.1. The van der Waals surface area contributed by atoms with Crippen LogP contribution in [0.3, 0.4) is 0 Å². The van der Waals surface area contributed by atoms with E-state index >= 15 is 0 Å². The molecule has 0 saturated heterocycles. The summed E-state index contributed by atoms with van der Waals surface area (Å²) in [5.74, 6) is 1.07. The van der Waals surface area contributed by atoms with Gasteiger partial charge in [0, 0.05) is 0 Å². The van der Waals surface area contributed by atoms with Crippen molar-refractivity contribution in [2.75, 3.05) is 20.3 Å². The lowest BCUT2D eigenvalue weighted by molar-refractivity contribution is 0.0696. The highest BCUT2D eigenvalue weighted by Gasteiger charge is 2.07. The molecule has 0 bridgehead atoms. The maximum absolute atomic E-state index is 10.9. The predicted octanol–water partition coefficient (Wildman–Crippen LogP) is 3.16. The average molecular weight is 302 g/mol. The van der Waals surface area contributed by atoms with Crippen molar-refractivity contribution >= 4 is 5.97 Å². The molecule has 0 aliphatic rings. The van der Waals surface area contributed by atoms with Crippen molar-refractivity contribution < 1.29 is 24.1 Å². The summed E-state index contributed by atoms with van der Waals surface area (Å²) in [6.45, 7) is 2.56. The number of carboxylic acids is 1. The molecule has 0 aliphatic carbocycles. The second-order valence-electron chi connectivity index (χ2n) is 4.66. The zero-order valence-electron chi connectivity index (χ0n) is 12.5.